The highest BCUT2D eigenvalue weighted by molar-refractivity contribution is 5.07. The smallest absolute Gasteiger partial charge is 0.0702 e. The standard InChI is InChI=1S/C16H31N3O/c1-2-10-20-15-4-3-7-19(11-15)16(12-17)13-18-8-5-14(16)6-9-18/h14-15H,2-13,17H2,1H3. The van der Waals surface area contributed by atoms with Crippen molar-refractivity contribution < 1.29 is 4.74 Å². The van der Waals surface area contributed by atoms with Crippen LogP contribution in [0.1, 0.15) is 39.0 Å². The Labute approximate surface area is 123 Å². The van der Waals surface area contributed by atoms with E-state index in [9.17, 15) is 0 Å². The van der Waals surface area contributed by atoms with Crippen molar-refractivity contribution in [1.29, 1.82) is 0 Å². The lowest BCUT2D eigenvalue weighted by molar-refractivity contribution is -0.103. The van der Waals surface area contributed by atoms with Gasteiger partial charge in [-0.3, -0.25) is 4.90 Å². The molecular formula is C16H31N3O. The first-order valence-corrected chi connectivity index (χ1v) is 8.57. The van der Waals surface area contributed by atoms with Crippen LogP contribution in [0.15, 0.2) is 0 Å². The van der Waals surface area contributed by atoms with E-state index in [-0.39, 0.29) is 5.54 Å². The number of rotatable bonds is 5. The van der Waals surface area contributed by atoms with Crippen LogP contribution in [0.4, 0.5) is 0 Å². The van der Waals surface area contributed by atoms with E-state index < -0.39 is 0 Å². The summed E-state index contributed by atoms with van der Waals surface area (Å²) in [5.41, 5.74) is 6.53. The number of hydrogen-bond donors (Lipinski definition) is 1. The molecule has 116 valence electrons. The van der Waals surface area contributed by atoms with Gasteiger partial charge >= 0.3 is 0 Å². The third kappa shape index (κ3) is 2.63. The zero-order chi connectivity index (χ0) is 14.0. The zero-order valence-corrected chi connectivity index (χ0v) is 13.0. The predicted octanol–water partition coefficient (Wildman–Crippen LogP) is 1.30. The highest BCUT2D eigenvalue weighted by atomic mass is 16.5. The summed E-state index contributed by atoms with van der Waals surface area (Å²) in [5.74, 6) is 0.808. The number of ether oxygens (including phenoxy) is 1. The van der Waals surface area contributed by atoms with Gasteiger partial charge in [0.25, 0.3) is 0 Å². The fourth-order valence-corrected chi connectivity index (χ4v) is 4.63. The number of hydrogen-bond acceptors (Lipinski definition) is 4. The average Bonchev–Trinajstić information content (AvgIpc) is 2.54. The number of nitrogens with zero attached hydrogens (tertiary/aromatic N) is 2. The Morgan fingerprint density at radius 3 is 2.60 bits per heavy atom. The summed E-state index contributed by atoms with van der Waals surface area (Å²) in [4.78, 5) is 5.33. The van der Waals surface area contributed by atoms with Gasteiger partial charge in [0.05, 0.1) is 6.10 Å². The van der Waals surface area contributed by atoms with Crippen molar-refractivity contribution in [2.75, 3.05) is 45.9 Å². The van der Waals surface area contributed by atoms with E-state index in [0.717, 1.165) is 32.0 Å². The zero-order valence-electron chi connectivity index (χ0n) is 13.0. The molecule has 0 saturated carbocycles. The minimum Gasteiger partial charge on any atom is -0.377 e. The third-order valence-corrected chi connectivity index (χ3v) is 5.76. The molecule has 2 atom stereocenters. The van der Waals surface area contributed by atoms with E-state index in [0.29, 0.717) is 6.10 Å². The van der Waals surface area contributed by atoms with Crippen LogP contribution in [0, 0.1) is 5.92 Å². The molecular weight excluding hydrogens is 250 g/mol. The monoisotopic (exact) mass is 281 g/mol. The highest BCUT2D eigenvalue weighted by Crippen LogP contribution is 2.40. The maximum atomic E-state index is 6.29. The minimum absolute atomic E-state index is 0.241. The van der Waals surface area contributed by atoms with Crippen LogP contribution in [0.5, 0.6) is 0 Å². The maximum Gasteiger partial charge on any atom is 0.0702 e. The predicted molar refractivity (Wildman–Crippen MR) is 81.8 cm³/mol. The van der Waals surface area contributed by atoms with Gasteiger partial charge in [0, 0.05) is 31.8 Å². The Bertz CT molecular complexity index is 317. The van der Waals surface area contributed by atoms with Crippen LogP contribution in [0.2, 0.25) is 0 Å². The molecule has 2 bridgehead atoms. The van der Waals surface area contributed by atoms with E-state index in [1.807, 2.05) is 0 Å². The third-order valence-electron chi connectivity index (χ3n) is 5.76. The molecule has 4 aliphatic heterocycles. The average molecular weight is 281 g/mol. The number of piperidine rings is 4. The first-order valence-electron chi connectivity index (χ1n) is 8.57. The second-order valence-electron chi connectivity index (χ2n) is 6.94. The largest absolute Gasteiger partial charge is 0.377 e. The second-order valence-corrected chi connectivity index (χ2v) is 6.94. The molecule has 4 saturated heterocycles. The topological polar surface area (TPSA) is 41.7 Å². The van der Waals surface area contributed by atoms with Gasteiger partial charge < -0.3 is 15.4 Å². The van der Waals surface area contributed by atoms with Crippen LogP contribution in [0.25, 0.3) is 0 Å². The van der Waals surface area contributed by atoms with Gasteiger partial charge in [-0.25, -0.2) is 0 Å². The van der Waals surface area contributed by atoms with Crippen molar-refractivity contribution in [3.63, 3.8) is 0 Å². The summed E-state index contributed by atoms with van der Waals surface area (Å²) < 4.78 is 6.03. The molecule has 0 radical (unpaired) electrons. The fourth-order valence-electron chi connectivity index (χ4n) is 4.63. The van der Waals surface area contributed by atoms with Crippen LogP contribution in [0.3, 0.4) is 0 Å². The van der Waals surface area contributed by atoms with Crippen molar-refractivity contribution in [2.45, 2.75) is 50.7 Å². The molecule has 0 amide bonds. The second kappa shape index (κ2) is 6.30. The molecule has 0 spiro atoms. The molecule has 0 aliphatic carbocycles. The molecule has 4 aliphatic rings. The van der Waals surface area contributed by atoms with Gasteiger partial charge in [-0.05, 0) is 57.7 Å². The van der Waals surface area contributed by atoms with Gasteiger partial charge in [-0.2, -0.15) is 0 Å². The molecule has 0 aromatic heterocycles. The summed E-state index contributed by atoms with van der Waals surface area (Å²) in [7, 11) is 0. The molecule has 0 aromatic carbocycles. The molecule has 2 unspecified atom stereocenters. The Morgan fingerprint density at radius 2 is 2.00 bits per heavy atom. The quantitative estimate of drug-likeness (QED) is 0.825. The van der Waals surface area contributed by atoms with E-state index >= 15 is 0 Å². The summed E-state index contributed by atoms with van der Waals surface area (Å²) >= 11 is 0. The molecule has 0 aromatic rings. The number of likely N-dealkylation sites (tertiary alicyclic amines) is 1. The first kappa shape index (κ1) is 14.8. The Hall–Kier alpha value is -0.160. The van der Waals surface area contributed by atoms with Crippen LogP contribution in [-0.4, -0.2) is 67.3 Å². The molecule has 20 heavy (non-hydrogen) atoms. The van der Waals surface area contributed by atoms with Crippen molar-refractivity contribution in [1.82, 2.24) is 9.80 Å². The molecule has 4 fully saturated rings. The van der Waals surface area contributed by atoms with Crippen LogP contribution in [-0.2, 0) is 4.74 Å². The van der Waals surface area contributed by atoms with Crippen molar-refractivity contribution in [3.05, 3.63) is 0 Å². The lowest BCUT2D eigenvalue weighted by atomic mass is 9.71. The van der Waals surface area contributed by atoms with E-state index in [1.54, 1.807) is 0 Å². The number of fused-ring (bicyclic) bond motifs is 3. The fraction of sp³-hybridized carbons (Fsp3) is 1.00. The summed E-state index contributed by atoms with van der Waals surface area (Å²) in [6.07, 6.45) is 6.73. The van der Waals surface area contributed by atoms with Gasteiger partial charge in [-0.15, -0.1) is 0 Å². The van der Waals surface area contributed by atoms with E-state index in [2.05, 4.69) is 16.7 Å². The van der Waals surface area contributed by atoms with E-state index in [4.69, 9.17) is 10.5 Å². The molecule has 4 nitrogen and oxygen atoms in total. The van der Waals surface area contributed by atoms with E-state index in [1.165, 1.54) is 51.9 Å². The Kier molecular flexibility index (Phi) is 4.65. The van der Waals surface area contributed by atoms with Crippen LogP contribution < -0.4 is 5.73 Å². The summed E-state index contributed by atoms with van der Waals surface area (Å²) in [6.45, 7) is 9.99. The Balaban J connectivity index is 1.69. The molecule has 4 heteroatoms. The lowest BCUT2D eigenvalue weighted by Gasteiger charge is -2.59. The van der Waals surface area contributed by atoms with Crippen molar-refractivity contribution >= 4 is 0 Å². The van der Waals surface area contributed by atoms with Gasteiger partial charge in [0.15, 0.2) is 0 Å². The highest BCUT2D eigenvalue weighted by Gasteiger charge is 2.50. The lowest BCUT2D eigenvalue weighted by Crippen LogP contribution is -2.71. The summed E-state index contributed by atoms with van der Waals surface area (Å²) in [5, 5.41) is 0. The van der Waals surface area contributed by atoms with Crippen LogP contribution >= 0.6 is 0 Å². The Morgan fingerprint density at radius 1 is 1.20 bits per heavy atom. The van der Waals surface area contributed by atoms with Crippen molar-refractivity contribution in [2.24, 2.45) is 11.7 Å². The number of nitrogens with two attached hydrogens (primary N) is 1. The molecule has 4 rings (SSSR count). The first-order chi connectivity index (χ1) is 9.78. The van der Waals surface area contributed by atoms with Gasteiger partial charge in [0.1, 0.15) is 0 Å². The SMILES string of the molecule is CCCOC1CCCN(C2(CN)CN3CCC2CC3)C1. The minimum atomic E-state index is 0.241. The van der Waals surface area contributed by atoms with Gasteiger partial charge in [0.2, 0.25) is 0 Å². The van der Waals surface area contributed by atoms with Gasteiger partial charge in [-0.1, -0.05) is 6.92 Å². The molecule has 4 heterocycles. The normalized spacial score (nSPS) is 42.0. The maximum absolute atomic E-state index is 6.29. The van der Waals surface area contributed by atoms with Crippen molar-refractivity contribution in [3.8, 4) is 0 Å². The molecule has 2 N–H and O–H groups in total. The summed E-state index contributed by atoms with van der Waals surface area (Å²) in [6, 6.07) is 0.